The van der Waals surface area contributed by atoms with Gasteiger partial charge in [0.2, 0.25) is 0 Å². The molecule has 3 saturated carbocycles. The summed E-state index contributed by atoms with van der Waals surface area (Å²) in [5.74, 6) is 1.64. The van der Waals surface area contributed by atoms with Gasteiger partial charge in [-0.3, -0.25) is 4.79 Å². The zero-order valence-electron chi connectivity index (χ0n) is 12.0. The molecule has 96 valence electrons. The van der Waals surface area contributed by atoms with Crippen LogP contribution in [0, 0.1) is 22.7 Å². The molecule has 3 aliphatic carbocycles. The Morgan fingerprint density at radius 3 is 2.47 bits per heavy atom. The summed E-state index contributed by atoms with van der Waals surface area (Å²) in [5, 5.41) is 0. The smallest absolute Gasteiger partial charge is 0.137 e. The number of fused-ring (bicyclic) bond motifs is 2. The SMILES string of the molecule is CC(C)=CCC[C@@]1(C)CC(=O)C2CC1C2(C)C. The molecule has 3 rings (SSSR count). The highest BCUT2D eigenvalue weighted by atomic mass is 16.1. The van der Waals surface area contributed by atoms with Crippen LogP contribution in [0.15, 0.2) is 11.6 Å². The highest BCUT2D eigenvalue weighted by Gasteiger charge is 2.62. The third-order valence-electron chi connectivity index (χ3n) is 5.34. The van der Waals surface area contributed by atoms with Gasteiger partial charge in [-0.1, -0.05) is 32.4 Å². The molecule has 3 aliphatic rings. The predicted molar refractivity (Wildman–Crippen MR) is 71.8 cm³/mol. The van der Waals surface area contributed by atoms with Crippen LogP contribution in [0.5, 0.6) is 0 Å². The average molecular weight is 234 g/mol. The molecule has 0 aliphatic heterocycles. The second-order valence-corrected chi connectivity index (χ2v) is 7.28. The van der Waals surface area contributed by atoms with E-state index in [0.717, 1.165) is 25.2 Å². The maximum Gasteiger partial charge on any atom is 0.137 e. The van der Waals surface area contributed by atoms with Gasteiger partial charge in [0.1, 0.15) is 5.78 Å². The van der Waals surface area contributed by atoms with Crippen LogP contribution < -0.4 is 0 Å². The van der Waals surface area contributed by atoms with E-state index in [1.807, 2.05) is 0 Å². The number of hydrogen-bond donors (Lipinski definition) is 0. The molecule has 0 aromatic rings. The van der Waals surface area contributed by atoms with E-state index in [1.54, 1.807) is 0 Å². The fourth-order valence-corrected chi connectivity index (χ4v) is 4.25. The largest absolute Gasteiger partial charge is 0.299 e. The zero-order valence-corrected chi connectivity index (χ0v) is 12.0. The second-order valence-electron chi connectivity index (χ2n) is 7.28. The summed E-state index contributed by atoms with van der Waals surface area (Å²) in [6.45, 7) is 11.2. The lowest BCUT2D eigenvalue weighted by molar-refractivity contribution is -0.174. The van der Waals surface area contributed by atoms with Crippen LogP contribution in [-0.2, 0) is 4.79 Å². The van der Waals surface area contributed by atoms with Crippen LogP contribution in [0.1, 0.15) is 60.3 Å². The molecule has 17 heavy (non-hydrogen) atoms. The molecule has 1 heteroatoms. The van der Waals surface area contributed by atoms with Crippen molar-refractivity contribution in [2.24, 2.45) is 22.7 Å². The van der Waals surface area contributed by atoms with Gasteiger partial charge in [0, 0.05) is 12.3 Å². The summed E-state index contributed by atoms with van der Waals surface area (Å²) in [5.41, 5.74) is 1.90. The summed E-state index contributed by atoms with van der Waals surface area (Å²) < 4.78 is 0. The first kappa shape index (κ1) is 12.9. The van der Waals surface area contributed by atoms with Gasteiger partial charge < -0.3 is 0 Å². The van der Waals surface area contributed by atoms with Crippen LogP contribution >= 0.6 is 0 Å². The van der Waals surface area contributed by atoms with Crippen molar-refractivity contribution in [2.75, 3.05) is 0 Å². The summed E-state index contributed by atoms with van der Waals surface area (Å²) in [6, 6.07) is 0. The molecule has 2 unspecified atom stereocenters. The van der Waals surface area contributed by atoms with Crippen molar-refractivity contribution in [1.82, 2.24) is 0 Å². The normalized spacial score (nSPS) is 38.5. The summed E-state index contributed by atoms with van der Waals surface area (Å²) in [4.78, 5) is 12.1. The first-order valence-corrected chi connectivity index (χ1v) is 6.93. The molecule has 0 saturated heterocycles. The van der Waals surface area contributed by atoms with Crippen LogP contribution in [0.4, 0.5) is 0 Å². The topological polar surface area (TPSA) is 17.1 Å². The Morgan fingerprint density at radius 1 is 1.35 bits per heavy atom. The van der Waals surface area contributed by atoms with Crippen molar-refractivity contribution in [3.8, 4) is 0 Å². The molecule has 0 spiro atoms. The van der Waals surface area contributed by atoms with Gasteiger partial charge >= 0.3 is 0 Å². The summed E-state index contributed by atoms with van der Waals surface area (Å²) in [6.07, 6.45) is 6.58. The molecule has 0 amide bonds. The third kappa shape index (κ3) is 1.98. The van der Waals surface area contributed by atoms with E-state index >= 15 is 0 Å². The van der Waals surface area contributed by atoms with Gasteiger partial charge in [0.25, 0.3) is 0 Å². The van der Waals surface area contributed by atoms with E-state index in [2.05, 4.69) is 40.7 Å². The second kappa shape index (κ2) is 3.96. The lowest BCUT2D eigenvalue weighted by atomic mass is 9.40. The van der Waals surface area contributed by atoms with E-state index in [-0.39, 0.29) is 10.8 Å². The Labute approximate surface area is 106 Å². The number of ketones is 1. The number of hydrogen-bond acceptors (Lipinski definition) is 1. The third-order valence-corrected chi connectivity index (χ3v) is 5.34. The Morgan fingerprint density at radius 2 is 2.00 bits per heavy atom. The van der Waals surface area contributed by atoms with E-state index in [9.17, 15) is 4.79 Å². The molecule has 1 nitrogen and oxygen atoms in total. The quantitative estimate of drug-likeness (QED) is 0.662. The standard InChI is InChI=1S/C16H26O/c1-11(2)7-6-8-16(5)10-13(17)12-9-14(16)15(12,3)4/h7,12,14H,6,8-10H2,1-5H3/t12?,14?,16-/m0/s1. The van der Waals surface area contributed by atoms with Crippen LogP contribution in [0.3, 0.4) is 0 Å². The maximum absolute atomic E-state index is 12.1. The molecule has 3 atom stereocenters. The summed E-state index contributed by atoms with van der Waals surface area (Å²) >= 11 is 0. The van der Waals surface area contributed by atoms with Gasteiger partial charge in [0.15, 0.2) is 0 Å². The van der Waals surface area contributed by atoms with Crippen molar-refractivity contribution in [1.29, 1.82) is 0 Å². The molecule has 0 aromatic carbocycles. The lowest BCUT2D eigenvalue weighted by Crippen LogP contribution is -2.60. The number of rotatable bonds is 3. The minimum absolute atomic E-state index is 0.251. The van der Waals surface area contributed by atoms with E-state index in [1.165, 1.54) is 12.0 Å². The van der Waals surface area contributed by atoms with Crippen molar-refractivity contribution in [3.63, 3.8) is 0 Å². The predicted octanol–water partition coefficient (Wildman–Crippen LogP) is 4.37. The fourth-order valence-electron chi connectivity index (χ4n) is 4.25. The van der Waals surface area contributed by atoms with Crippen LogP contribution in [-0.4, -0.2) is 5.78 Å². The maximum atomic E-state index is 12.1. The zero-order chi connectivity index (χ0) is 12.8. The number of carbonyl (C=O) groups excluding carboxylic acids is 1. The highest BCUT2D eigenvalue weighted by molar-refractivity contribution is 5.85. The number of Topliss-reactive ketones (excluding diaryl/α,β-unsaturated/α-hetero) is 1. The van der Waals surface area contributed by atoms with Gasteiger partial charge in [-0.25, -0.2) is 0 Å². The Balaban J connectivity index is 2.09. The molecular weight excluding hydrogens is 208 g/mol. The molecule has 2 bridgehead atoms. The Kier molecular flexibility index (Phi) is 3.00. The first-order chi connectivity index (χ1) is 7.77. The minimum Gasteiger partial charge on any atom is -0.299 e. The Hall–Kier alpha value is -0.590. The molecule has 0 aromatic heterocycles. The number of carbonyl (C=O) groups is 1. The van der Waals surface area contributed by atoms with Crippen molar-refractivity contribution < 1.29 is 4.79 Å². The highest BCUT2D eigenvalue weighted by Crippen LogP contribution is 2.65. The molecule has 0 radical (unpaired) electrons. The molecular formula is C16H26O. The monoisotopic (exact) mass is 234 g/mol. The fraction of sp³-hybridized carbons (Fsp3) is 0.812. The molecule has 3 fully saturated rings. The number of allylic oxidation sites excluding steroid dienone is 2. The van der Waals surface area contributed by atoms with E-state index in [0.29, 0.717) is 11.7 Å². The lowest BCUT2D eigenvalue weighted by Gasteiger charge is -2.63. The van der Waals surface area contributed by atoms with Crippen molar-refractivity contribution in [2.45, 2.75) is 60.3 Å². The van der Waals surface area contributed by atoms with Gasteiger partial charge in [-0.2, -0.15) is 0 Å². The molecule has 0 heterocycles. The summed E-state index contributed by atoms with van der Waals surface area (Å²) in [7, 11) is 0. The van der Waals surface area contributed by atoms with Gasteiger partial charge in [-0.15, -0.1) is 0 Å². The van der Waals surface area contributed by atoms with Crippen LogP contribution in [0.2, 0.25) is 0 Å². The molecule has 0 N–H and O–H groups in total. The van der Waals surface area contributed by atoms with E-state index in [4.69, 9.17) is 0 Å². The van der Waals surface area contributed by atoms with E-state index < -0.39 is 0 Å². The minimum atomic E-state index is 0.251. The first-order valence-electron chi connectivity index (χ1n) is 6.93. The van der Waals surface area contributed by atoms with Crippen LogP contribution in [0.25, 0.3) is 0 Å². The van der Waals surface area contributed by atoms with Crippen molar-refractivity contribution >= 4 is 5.78 Å². The van der Waals surface area contributed by atoms with Gasteiger partial charge in [0.05, 0.1) is 0 Å². The Bertz CT molecular complexity index is 360. The van der Waals surface area contributed by atoms with Crippen molar-refractivity contribution in [3.05, 3.63) is 11.6 Å². The van der Waals surface area contributed by atoms with Gasteiger partial charge in [-0.05, 0) is 49.9 Å². The average Bonchev–Trinajstić information content (AvgIpc) is 2.14.